The van der Waals surface area contributed by atoms with E-state index in [0.717, 1.165) is 21.2 Å². The zero-order valence-electron chi connectivity index (χ0n) is 9.94. The molecule has 0 saturated heterocycles. The number of hydrogen-bond donors (Lipinski definition) is 1. The van der Waals surface area contributed by atoms with Crippen LogP contribution in [0.3, 0.4) is 0 Å². The molecule has 1 unspecified atom stereocenters. The first-order chi connectivity index (χ1) is 8.08. The van der Waals surface area contributed by atoms with Gasteiger partial charge in [0, 0.05) is 4.47 Å². The fourth-order valence-electron chi connectivity index (χ4n) is 1.83. The van der Waals surface area contributed by atoms with Crippen molar-refractivity contribution in [3.63, 3.8) is 0 Å². The molecular weight excluding hydrogens is 276 g/mol. The van der Waals surface area contributed by atoms with E-state index in [0.29, 0.717) is 0 Å². The van der Waals surface area contributed by atoms with Gasteiger partial charge in [-0.2, -0.15) is 0 Å². The van der Waals surface area contributed by atoms with Crippen LogP contribution < -0.4 is 0 Å². The smallest absolute Gasteiger partial charge is 0.104 e. The fourth-order valence-corrected chi connectivity index (χ4v) is 2.21. The van der Waals surface area contributed by atoms with E-state index in [4.69, 9.17) is 0 Å². The predicted octanol–water partition coefficient (Wildman–Crippen LogP) is 4.15. The molecular formula is C15H15BrO. The number of aliphatic hydroxyl groups is 1. The molecule has 0 amide bonds. The molecule has 0 spiro atoms. The molecule has 2 aromatic rings. The lowest BCUT2D eigenvalue weighted by Gasteiger charge is -2.14. The van der Waals surface area contributed by atoms with Crippen LogP contribution >= 0.6 is 15.9 Å². The van der Waals surface area contributed by atoms with Gasteiger partial charge in [0.1, 0.15) is 6.10 Å². The zero-order valence-corrected chi connectivity index (χ0v) is 11.5. The Hall–Kier alpha value is -1.12. The largest absolute Gasteiger partial charge is 0.384 e. The van der Waals surface area contributed by atoms with Gasteiger partial charge in [-0.1, -0.05) is 51.8 Å². The molecule has 0 radical (unpaired) electrons. The molecule has 88 valence electrons. The zero-order chi connectivity index (χ0) is 12.4. The molecule has 2 aromatic carbocycles. The molecule has 0 aliphatic heterocycles. The van der Waals surface area contributed by atoms with Crippen LogP contribution in [0.4, 0.5) is 0 Å². The van der Waals surface area contributed by atoms with Crippen LogP contribution in [0.5, 0.6) is 0 Å². The Labute approximate surface area is 110 Å². The maximum atomic E-state index is 10.4. The summed E-state index contributed by atoms with van der Waals surface area (Å²) >= 11 is 3.44. The van der Waals surface area contributed by atoms with Crippen LogP contribution in [0.25, 0.3) is 0 Å². The molecule has 2 rings (SSSR count). The van der Waals surface area contributed by atoms with Gasteiger partial charge in [-0.15, -0.1) is 0 Å². The lowest BCUT2D eigenvalue weighted by atomic mass is 9.97. The van der Waals surface area contributed by atoms with Gasteiger partial charge in [0.15, 0.2) is 0 Å². The van der Waals surface area contributed by atoms with Crippen molar-refractivity contribution in [3.8, 4) is 0 Å². The summed E-state index contributed by atoms with van der Waals surface area (Å²) in [6, 6.07) is 14.0. The Morgan fingerprint density at radius 3 is 2.29 bits per heavy atom. The van der Waals surface area contributed by atoms with E-state index >= 15 is 0 Å². The molecule has 2 heteroatoms. The average molecular weight is 291 g/mol. The van der Waals surface area contributed by atoms with Crippen molar-refractivity contribution >= 4 is 15.9 Å². The van der Waals surface area contributed by atoms with Gasteiger partial charge in [-0.3, -0.25) is 0 Å². The van der Waals surface area contributed by atoms with Crippen LogP contribution in [0.2, 0.25) is 0 Å². The summed E-state index contributed by atoms with van der Waals surface area (Å²) in [7, 11) is 0. The van der Waals surface area contributed by atoms with Crippen molar-refractivity contribution in [2.45, 2.75) is 20.0 Å². The molecule has 0 aliphatic rings. The van der Waals surface area contributed by atoms with E-state index < -0.39 is 6.10 Å². The minimum absolute atomic E-state index is 0.562. The van der Waals surface area contributed by atoms with E-state index in [2.05, 4.69) is 15.9 Å². The van der Waals surface area contributed by atoms with Crippen molar-refractivity contribution in [3.05, 3.63) is 69.2 Å². The Bertz CT molecular complexity index is 517. The average Bonchev–Trinajstić information content (AvgIpc) is 2.32. The van der Waals surface area contributed by atoms with E-state index in [1.165, 1.54) is 5.56 Å². The highest BCUT2D eigenvalue weighted by molar-refractivity contribution is 9.10. The maximum Gasteiger partial charge on any atom is 0.104 e. The summed E-state index contributed by atoms with van der Waals surface area (Å²) in [5.41, 5.74) is 4.17. The second-order valence-corrected chi connectivity index (χ2v) is 5.23. The quantitative estimate of drug-likeness (QED) is 0.881. The normalized spacial score (nSPS) is 12.5. The first kappa shape index (κ1) is 12.3. The molecule has 1 nitrogen and oxygen atoms in total. The monoisotopic (exact) mass is 290 g/mol. The summed E-state index contributed by atoms with van der Waals surface area (Å²) in [4.78, 5) is 0. The maximum absolute atomic E-state index is 10.4. The SMILES string of the molecule is Cc1ccc(C(O)c2cc(Br)ccc2C)cc1. The molecule has 0 aliphatic carbocycles. The molecule has 0 bridgehead atoms. The van der Waals surface area contributed by atoms with E-state index in [1.54, 1.807) is 0 Å². The molecule has 0 aromatic heterocycles. The van der Waals surface area contributed by atoms with Crippen LogP contribution in [-0.2, 0) is 0 Å². The van der Waals surface area contributed by atoms with Gasteiger partial charge in [0.05, 0.1) is 0 Å². The van der Waals surface area contributed by atoms with Gasteiger partial charge in [0.2, 0.25) is 0 Å². The molecule has 0 saturated carbocycles. The number of aliphatic hydroxyl groups excluding tert-OH is 1. The molecule has 17 heavy (non-hydrogen) atoms. The standard InChI is InChI=1S/C15H15BrO/c1-10-3-6-12(7-4-10)15(17)14-9-13(16)8-5-11(14)2/h3-9,15,17H,1-2H3. The number of aryl methyl sites for hydroxylation is 2. The van der Waals surface area contributed by atoms with Crippen molar-refractivity contribution < 1.29 is 5.11 Å². The Morgan fingerprint density at radius 2 is 1.65 bits per heavy atom. The fraction of sp³-hybridized carbons (Fsp3) is 0.200. The minimum Gasteiger partial charge on any atom is -0.384 e. The summed E-state index contributed by atoms with van der Waals surface area (Å²) in [5, 5.41) is 10.4. The lowest BCUT2D eigenvalue weighted by molar-refractivity contribution is 0.219. The van der Waals surface area contributed by atoms with Crippen LogP contribution in [-0.4, -0.2) is 5.11 Å². The number of hydrogen-bond acceptors (Lipinski definition) is 1. The first-order valence-corrected chi connectivity index (χ1v) is 6.38. The van der Waals surface area contributed by atoms with Gasteiger partial charge in [0.25, 0.3) is 0 Å². The van der Waals surface area contributed by atoms with Crippen LogP contribution in [0.15, 0.2) is 46.9 Å². The van der Waals surface area contributed by atoms with E-state index in [1.807, 2.05) is 56.3 Å². The highest BCUT2D eigenvalue weighted by atomic mass is 79.9. The Balaban J connectivity index is 2.39. The molecule has 0 heterocycles. The molecule has 1 N–H and O–H groups in total. The van der Waals surface area contributed by atoms with Gasteiger partial charge in [-0.25, -0.2) is 0 Å². The molecule has 0 fully saturated rings. The van der Waals surface area contributed by atoms with Gasteiger partial charge >= 0.3 is 0 Å². The number of benzene rings is 2. The van der Waals surface area contributed by atoms with Crippen LogP contribution in [0, 0.1) is 13.8 Å². The topological polar surface area (TPSA) is 20.2 Å². The summed E-state index contributed by atoms with van der Waals surface area (Å²) in [6.45, 7) is 4.06. The van der Waals surface area contributed by atoms with Crippen molar-refractivity contribution in [2.24, 2.45) is 0 Å². The summed E-state index contributed by atoms with van der Waals surface area (Å²) in [6.07, 6.45) is -0.562. The van der Waals surface area contributed by atoms with Crippen molar-refractivity contribution in [1.29, 1.82) is 0 Å². The number of halogens is 1. The summed E-state index contributed by atoms with van der Waals surface area (Å²) < 4.78 is 0.990. The highest BCUT2D eigenvalue weighted by Gasteiger charge is 2.12. The third kappa shape index (κ3) is 2.76. The van der Waals surface area contributed by atoms with Crippen molar-refractivity contribution in [1.82, 2.24) is 0 Å². The highest BCUT2D eigenvalue weighted by Crippen LogP contribution is 2.27. The summed E-state index contributed by atoms with van der Waals surface area (Å²) in [5.74, 6) is 0. The van der Waals surface area contributed by atoms with Crippen LogP contribution in [0.1, 0.15) is 28.4 Å². The second-order valence-electron chi connectivity index (χ2n) is 4.31. The number of rotatable bonds is 2. The molecule has 1 atom stereocenters. The first-order valence-electron chi connectivity index (χ1n) is 5.58. The third-order valence-electron chi connectivity index (χ3n) is 2.93. The van der Waals surface area contributed by atoms with Crippen molar-refractivity contribution in [2.75, 3.05) is 0 Å². The Morgan fingerprint density at radius 1 is 1.00 bits per heavy atom. The minimum atomic E-state index is -0.562. The van der Waals surface area contributed by atoms with E-state index in [9.17, 15) is 5.11 Å². The third-order valence-corrected chi connectivity index (χ3v) is 3.42. The van der Waals surface area contributed by atoms with Gasteiger partial charge in [-0.05, 0) is 42.7 Å². The lowest BCUT2D eigenvalue weighted by Crippen LogP contribution is -2.02. The second kappa shape index (κ2) is 5.03. The predicted molar refractivity (Wildman–Crippen MR) is 74.1 cm³/mol. The van der Waals surface area contributed by atoms with Gasteiger partial charge < -0.3 is 5.11 Å². The van der Waals surface area contributed by atoms with E-state index in [-0.39, 0.29) is 0 Å². The Kier molecular flexibility index (Phi) is 3.65.